The van der Waals surface area contributed by atoms with Gasteiger partial charge in [-0.2, -0.15) is 5.26 Å². The zero-order valence-electron chi connectivity index (χ0n) is 11.3. The van der Waals surface area contributed by atoms with E-state index >= 15 is 0 Å². The van der Waals surface area contributed by atoms with Gasteiger partial charge in [0.2, 0.25) is 17.2 Å². The zero-order valence-corrected chi connectivity index (χ0v) is 12.8. The average molecular weight is 361 g/mol. The highest BCUT2D eigenvalue weighted by atomic mass is 35.5. The van der Waals surface area contributed by atoms with Crippen LogP contribution in [0.1, 0.15) is 5.69 Å². The first-order valence-corrected chi connectivity index (χ1v) is 7.04. The Morgan fingerprint density at radius 2 is 2.30 bits per heavy atom. The number of anilines is 1. The number of nitrogens with zero attached hydrogens (tertiary/aromatic N) is 4. The number of fused-ring (bicyclic) bond motifs is 1. The van der Waals surface area contributed by atoms with Gasteiger partial charge in [-0.15, -0.1) is 5.10 Å². The van der Waals surface area contributed by atoms with Crippen molar-refractivity contribution in [2.75, 3.05) is 12.3 Å². The summed E-state index contributed by atoms with van der Waals surface area (Å²) in [5.41, 5.74) is 2.44. The summed E-state index contributed by atoms with van der Waals surface area (Å²) >= 11 is 12.3. The van der Waals surface area contributed by atoms with Crippen molar-refractivity contribution in [2.45, 2.75) is 22.1 Å². The van der Waals surface area contributed by atoms with E-state index in [2.05, 4.69) is 15.1 Å². The number of rotatable bonds is 2. The van der Waals surface area contributed by atoms with Gasteiger partial charge >= 0.3 is 0 Å². The number of hydrogen-bond donors (Lipinski definition) is 4. The third-order valence-electron chi connectivity index (χ3n) is 3.61. The Hall–Kier alpha value is -1.90. The monoisotopic (exact) mass is 360 g/mol. The number of nitrogens with two attached hydrogens (primary N) is 1. The van der Waals surface area contributed by atoms with Gasteiger partial charge in [0, 0.05) is 0 Å². The van der Waals surface area contributed by atoms with Crippen LogP contribution >= 0.6 is 23.2 Å². The van der Waals surface area contributed by atoms with Crippen molar-refractivity contribution in [3.05, 3.63) is 22.2 Å². The van der Waals surface area contributed by atoms with Gasteiger partial charge in [-0.1, -0.05) is 23.2 Å². The van der Waals surface area contributed by atoms with Crippen LogP contribution in [0.3, 0.4) is 0 Å². The van der Waals surface area contributed by atoms with Gasteiger partial charge in [0.05, 0.1) is 12.8 Å². The van der Waals surface area contributed by atoms with Crippen molar-refractivity contribution in [2.24, 2.45) is 0 Å². The number of ether oxygens (including phenoxy) is 1. The number of aliphatic hydroxyl groups excluding tert-OH is 2. The Morgan fingerprint density at radius 1 is 1.61 bits per heavy atom. The molecular formula is C11H10Cl2N6O4. The van der Waals surface area contributed by atoms with Crippen molar-refractivity contribution in [3.8, 4) is 6.07 Å². The van der Waals surface area contributed by atoms with E-state index in [0.717, 1.165) is 10.7 Å². The fourth-order valence-electron chi connectivity index (χ4n) is 2.48. The number of aliphatic hydroxyl groups is 2. The molecule has 122 valence electrons. The van der Waals surface area contributed by atoms with Gasteiger partial charge in [0.25, 0.3) is 5.56 Å². The summed E-state index contributed by atoms with van der Waals surface area (Å²) in [6.07, 6.45) is -1.67. The number of nitriles is 1. The minimum atomic E-state index is -2.15. The van der Waals surface area contributed by atoms with Gasteiger partial charge in [-0.05, 0) is 0 Å². The van der Waals surface area contributed by atoms with E-state index in [9.17, 15) is 20.3 Å². The second-order valence-electron chi connectivity index (χ2n) is 4.92. The van der Waals surface area contributed by atoms with Crippen LogP contribution in [-0.4, -0.2) is 52.9 Å². The van der Waals surface area contributed by atoms with Crippen LogP contribution in [0.2, 0.25) is 0 Å². The molecule has 0 bridgehead atoms. The van der Waals surface area contributed by atoms with Gasteiger partial charge < -0.3 is 20.7 Å². The summed E-state index contributed by atoms with van der Waals surface area (Å²) in [5.74, 6) is -0.234. The molecule has 2 aromatic rings. The second-order valence-corrected chi connectivity index (χ2v) is 6.30. The summed E-state index contributed by atoms with van der Waals surface area (Å²) < 4.78 is 4.24. The summed E-state index contributed by atoms with van der Waals surface area (Å²) in [4.78, 5) is 17.9. The molecule has 0 radical (unpaired) electrons. The molecule has 0 aromatic carbocycles. The van der Waals surface area contributed by atoms with E-state index in [1.165, 1.54) is 0 Å². The molecule has 3 heterocycles. The van der Waals surface area contributed by atoms with Crippen molar-refractivity contribution in [1.29, 1.82) is 5.26 Å². The molecule has 0 saturated carbocycles. The smallest absolute Gasteiger partial charge is 0.295 e. The number of alkyl halides is 2. The molecule has 3 atom stereocenters. The minimum absolute atomic E-state index is 0.104. The van der Waals surface area contributed by atoms with Crippen LogP contribution in [-0.2, 0) is 10.3 Å². The van der Waals surface area contributed by atoms with Crippen LogP contribution in [0.15, 0.2) is 11.0 Å². The van der Waals surface area contributed by atoms with Gasteiger partial charge in [0.1, 0.15) is 24.0 Å². The normalized spacial score (nSPS) is 29.7. The maximum absolute atomic E-state index is 11.8. The SMILES string of the molecule is N#C[C@@]1(c2cnc3c(=O)[nH]c(N)nn23)O[C@H](CO)C(O)C1(Cl)Cl. The first-order valence-electron chi connectivity index (χ1n) is 6.28. The molecule has 1 fully saturated rings. The van der Waals surface area contributed by atoms with E-state index in [1.54, 1.807) is 6.07 Å². The largest absolute Gasteiger partial charge is 0.394 e. The quantitative estimate of drug-likeness (QED) is 0.477. The Balaban J connectivity index is 2.32. The number of nitrogens with one attached hydrogen (secondary N) is 1. The van der Waals surface area contributed by atoms with Gasteiger partial charge in [-0.25, -0.2) is 9.50 Å². The molecular weight excluding hydrogens is 351 g/mol. The number of nitrogen functional groups attached to an aromatic ring is 1. The maximum Gasteiger partial charge on any atom is 0.295 e. The number of aromatic nitrogens is 4. The maximum atomic E-state index is 11.8. The number of imidazole rings is 1. The minimum Gasteiger partial charge on any atom is -0.394 e. The number of hydrogen-bond acceptors (Lipinski definition) is 8. The lowest BCUT2D eigenvalue weighted by Crippen LogP contribution is -2.46. The Morgan fingerprint density at radius 3 is 2.87 bits per heavy atom. The van der Waals surface area contributed by atoms with Crippen LogP contribution in [0, 0.1) is 11.3 Å². The second kappa shape index (κ2) is 5.05. The first-order chi connectivity index (χ1) is 10.8. The van der Waals surface area contributed by atoms with E-state index in [-0.39, 0.29) is 17.3 Å². The van der Waals surface area contributed by atoms with Crippen molar-refractivity contribution in [1.82, 2.24) is 19.6 Å². The topological polar surface area (TPSA) is 163 Å². The molecule has 0 spiro atoms. The summed E-state index contributed by atoms with van der Waals surface area (Å²) in [6, 6.07) is 1.78. The van der Waals surface area contributed by atoms with Crippen LogP contribution in [0.4, 0.5) is 5.95 Å². The lowest BCUT2D eigenvalue weighted by Gasteiger charge is -2.29. The standard InChI is InChI=1S/C11H10Cl2N6O4/c12-11(13)6(21)4(2-20)23-10(11,3-14)5-1-16-7-8(22)17-9(15)18-19(5)7/h1,4,6,20-21H,2H2,(H3,15,17,18,22)/t4-,6?,10+/m1/s1. The van der Waals surface area contributed by atoms with E-state index in [0.29, 0.717) is 0 Å². The Bertz CT molecular complexity index is 874. The van der Waals surface area contributed by atoms with Crippen LogP contribution in [0.5, 0.6) is 0 Å². The van der Waals surface area contributed by atoms with E-state index in [1.807, 2.05) is 0 Å². The highest BCUT2D eigenvalue weighted by Crippen LogP contribution is 2.53. The molecule has 0 amide bonds. The fourth-order valence-corrected chi connectivity index (χ4v) is 3.13. The van der Waals surface area contributed by atoms with E-state index < -0.39 is 34.3 Å². The highest BCUT2D eigenvalue weighted by molar-refractivity contribution is 6.50. The predicted octanol–water partition coefficient (Wildman–Crippen LogP) is -1.36. The molecule has 5 N–H and O–H groups in total. The first kappa shape index (κ1) is 16.0. The molecule has 1 aliphatic rings. The highest BCUT2D eigenvalue weighted by Gasteiger charge is 2.67. The molecule has 0 aliphatic carbocycles. The van der Waals surface area contributed by atoms with Crippen molar-refractivity contribution >= 4 is 34.8 Å². The summed E-state index contributed by atoms with van der Waals surface area (Å²) in [7, 11) is 0. The van der Waals surface area contributed by atoms with Crippen LogP contribution < -0.4 is 11.3 Å². The third-order valence-corrected chi connectivity index (χ3v) is 4.59. The number of halogens is 2. The molecule has 1 unspecified atom stereocenters. The van der Waals surface area contributed by atoms with Crippen LogP contribution in [0.25, 0.3) is 5.65 Å². The molecule has 3 rings (SSSR count). The van der Waals surface area contributed by atoms with E-state index in [4.69, 9.17) is 33.7 Å². The molecule has 1 aliphatic heterocycles. The lowest BCUT2D eigenvalue weighted by molar-refractivity contribution is -0.0524. The molecule has 23 heavy (non-hydrogen) atoms. The van der Waals surface area contributed by atoms with Crippen molar-refractivity contribution < 1.29 is 14.9 Å². The summed E-state index contributed by atoms with van der Waals surface area (Å²) in [5, 5.41) is 32.9. The number of H-pyrrole nitrogens is 1. The predicted molar refractivity (Wildman–Crippen MR) is 77.7 cm³/mol. The average Bonchev–Trinajstić information content (AvgIpc) is 2.99. The Kier molecular flexibility index (Phi) is 3.51. The zero-order chi connectivity index (χ0) is 17.0. The van der Waals surface area contributed by atoms with Gasteiger partial charge in [0.15, 0.2) is 4.33 Å². The third kappa shape index (κ3) is 1.95. The molecule has 1 saturated heterocycles. The lowest BCUT2D eigenvalue weighted by atomic mass is 9.95. The molecule has 10 nitrogen and oxygen atoms in total. The molecule has 2 aromatic heterocycles. The summed E-state index contributed by atoms with van der Waals surface area (Å²) in [6.45, 7) is -0.626. The fraction of sp³-hybridized carbons (Fsp3) is 0.455. The van der Waals surface area contributed by atoms with Crippen molar-refractivity contribution in [3.63, 3.8) is 0 Å². The molecule has 12 heteroatoms. The van der Waals surface area contributed by atoms with Gasteiger partial charge in [-0.3, -0.25) is 9.78 Å². The Labute approximate surface area is 138 Å². The number of aromatic amines is 1.